The Balaban J connectivity index is 2.62. The summed E-state index contributed by atoms with van der Waals surface area (Å²) in [5.74, 6) is 6.79. The van der Waals surface area contributed by atoms with Gasteiger partial charge >= 0.3 is 5.97 Å². The fourth-order valence-electron chi connectivity index (χ4n) is 1.86. The van der Waals surface area contributed by atoms with Gasteiger partial charge in [0.25, 0.3) is 0 Å². The predicted octanol–water partition coefficient (Wildman–Crippen LogP) is 2.61. The average Bonchev–Trinajstić information content (AvgIpc) is 2.36. The number of methoxy groups -OCH3 is 1. The number of thioether (sulfide) groups is 3. The molecule has 1 unspecified atom stereocenters. The summed E-state index contributed by atoms with van der Waals surface area (Å²) in [5.41, 5.74) is 0. The minimum absolute atomic E-state index is 0.0994. The van der Waals surface area contributed by atoms with Gasteiger partial charge in [0.1, 0.15) is 6.04 Å². The van der Waals surface area contributed by atoms with Crippen LogP contribution in [0.2, 0.25) is 0 Å². The Morgan fingerprint density at radius 1 is 1.06 bits per heavy atom. The van der Waals surface area contributed by atoms with Crippen LogP contribution in [0.15, 0.2) is 0 Å². The monoisotopic (exact) mass is 309 g/mol. The number of hydrogen-bond acceptors (Lipinski definition) is 6. The third kappa shape index (κ3) is 5.63. The van der Waals surface area contributed by atoms with Gasteiger partial charge in [0.05, 0.1) is 7.11 Å². The molecule has 1 saturated heterocycles. The molecule has 6 heteroatoms. The molecule has 1 atom stereocenters. The lowest BCUT2D eigenvalue weighted by Crippen LogP contribution is -2.45. The number of rotatable bonds is 3. The van der Waals surface area contributed by atoms with E-state index in [4.69, 9.17) is 4.74 Å². The van der Waals surface area contributed by atoms with Gasteiger partial charge in [-0.25, -0.2) is 0 Å². The molecular weight excluding hydrogens is 286 g/mol. The van der Waals surface area contributed by atoms with Crippen molar-refractivity contribution >= 4 is 41.3 Å². The first-order valence-electron chi connectivity index (χ1n) is 6.22. The largest absolute Gasteiger partial charge is 0.468 e. The van der Waals surface area contributed by atoms with E-state index in [-0.39, 0.29) is 17.9 Å². The molecule has 0 aromatic rings. The maximum atomic E-state index is 11.9. The van der Waals surface area contributed by atoms with Gasteiger partial charge in [-0.3, -0.25) is 9.69 Å². The average molecular weight is 310 g/mol. The summed E-state index contributed by atoms with van der Waals surface area (Å²) in [7, 11) is 1.48. The molecule has 0 aromatic heterocycles. The van der Waals surface area contributed by atoms with Crippen LogP contribution < -0.4 is 0 Å². The van der Waals surface area contributed by atoms with Crippen LogP contribution in [-0.2, 0) is 9.53 Å². The minimum Gasteiger partial charge on any atom is -0.468 e. The number of esters is 1. The van der Waals surface area contributed by atoms with Crippen LogP contribution in [0.3, 0.4) is 0 Å². The number of carbonyl (C=O) groups is 1. The van der Waals surface area contributed by atoms with E-state index in [1.165, 1.54) is 18.6 Å². The maximum Gasteiger partial charge on any atom is 0.323 e. The molecular formula is C12H23NO2S3. The standard InChI is InChI=1S/C12H23NO2S3/c1-10(2)11(12(14)15-3)13-8-17-6-4-16-5-7-18-9-13/h10-11H,4-9H2,1-3H3. The van der Waals surface area contributed by atoms with Crippen LogP contribution in [0.4, 0.5) is 0 Å². The topological polar surface area (TPSA) is 29.5 Å². The Bertz CT molecular complexity index is 241. The lowest BCUT2D eigenvalue weighted by molar-refractivity contribution is -0.147. The second-order valence-corrected chi connectivity index (χ2v) is 7.86. The van der Waals surface area contributed by atoms with Crippen molar-refractivity contribution in [1.29, 1.82) is 0 Å². The zero-order valence-electron chi connectivity index (χ0n) is 11.4. The highest BCUT2D eigenvalue weighted by molar-refractivity contribution is 8.04. The molecule has 0 aromatic carbocycles. The molecule has 0 radical (unpaired) electrons. The summed E-state index contributed by atoms with van der Waals surface area (Å²) < 4.78 is 4.95. The summed E-state index contributed by atoms with van der Waals surface area (Å²) in [6.45, 7) is 4.18. The van der Waals surface area contributed by atoms with Crippen molar-refractivity contribution in [3.63, 3.8) is 0 Å². The van der Waals surface area contributed by atoms with E-state index in [0.717, 1.165) is 23.3 Å². The Kier molecular flexibility index (Phi) is 8.63. The fourth-order valence-corrected chi connectivity index (χ4v) is 5.30. The lowest BCUT2D eigenvalue weighted by Gasteiger charge is -2.32. The quantitative estimate of drug-likeness (QED) is 0.745. The summed E-state index contributed by atoms with van der Waals surface area (Å²) in [6.07, 6.45) is 0. The first-order valence-corrected chi connectivity index (χ1v) is 9.68. The van der Waals surface area contributed by atoms with Gasteiger partial charge in [-0.05, 0) is 5.92 Å². The van der Waals surface area contributed by atoms with Crippen LogP contribution in [0.25, 0.3) is 0 Å². The Labute approximate surface area is 123 Å². The Hall–Kier alpha value is 0.480. The zero-order chi connectivity index (χ0) is 13.4. The van der Waals surface area contributed by atoms with Gasteiger partial charge < -0.3 is 4.74 Å². The maximum absolute atomic E-state index is 11.9. The zero-order valence-corrected chi connectivity index (χ0v) is 13.8. The van der Waals surface area contributed by atoms with E-state index in [1.807, 2.05) is 35.3 Å². The Morgan fingerprint density at radius 3 is 2.00 bits per heavy atom. The van der Waals surface area contributed by atoms with E-state index in [9.17, 15) is 4.79 Å². The van der Waals surface area contributed by atoms with Gasteiger partial charge in [0.2, 0.25) is 0 Å². The molecule has 1 heterocycles. The third-order valence-electron chi connectivity index (χ3n) is 2.73. The predicted molar refractivity (Wildman–Crippen MR) is 84.5 cm³/mol. The van der Waals surface area contributed by atoms with Crippen molar-refractivity contribution in [2.75, 3.05) is 41.9 Å². The second-order valence-electron chi connectivity index (χ2n) is 4.49. The van der Waals surface area contributed by atoms with Crippen molar-refractivity contribution in [1.82, 2.24) is 4.90 Å². The van der Waals surface area contributed by atoms with Gasteiger partial charge in [-0.1, -0.05) is 13.8 Å². The summed E-state index contributed by atoms with van der Waals surface area (Å²) in [5, 5.41) is 0. The van der Waals surface area contributed by atoms with Gasteiger partial charge in [0, 0.05) is 34.8 Å². The molecule has 0 spiro atoms. The van der Waals surface area contributed by atoms with Crippen molar-refractivity contribution in [2.24, 2.45) is 5.92 Å². The Morgan fingerprint density at radius 2 is 1.56 bits per heavy atom. The van der Waals surface area contributed by atoms with Crippen molar-refractivity contribution in [2.45, 2.75) is 19.9 Å². The normalized spacial score (nSPS) is 21.6. The molecule has 1 aliphatic rings. The molecule has 1 aliphatic heterocycles. The molecule has 0 saturated carbocycles. The molecule has 0 N–H and O–H groups in total. The first-order chi connectivity index (χ1) is 8.66. The van der Waals surface area contributed by atoms with Gasteiger partial charge in [0.15, 0.2) is 0 Å². The second kappa shape index (κ2) is 9.39. The SMILES string of the molecule is COC(=O)C(C(C)C)N1CSCCSCCSC1. The van der Waals surface area contributed by atoms with Crippen LogP contribution >= 0.6 is 35.3 Å². The van der Waals surface area contributed by atoms with Gasteiger partial charge in [-0.2, -0.15) is 11.8 Å². The smallest absolute Gasteiger partial charge is 0.323 e. The van der Waals surface area contributed by atoms with Crippen LogP contribution in [0.1, 0.15) is 13.8 Å². The molecule has 0 amide bonds. The first kappa shape index (κ1) is 16.5. The van der Waals surface area contributed by atoms with Crippen molar-refractivity contribution in [3.8, 4) is 0 Å². The highest BCUT2D eigenvalue weighted by Gasteiger charge is 2.29. The number of hydrogen-bond donors (Lipinski definition) is 0. The molecule has 106 valence electrons. The van der Waals surface area contributed by atoms with Gasteiger partial charge in [-0.15, -0.1) is 23.5 Å². The van der Waals surface area contributed by atoms with Crippen molar-refractivity contribution in [3.05, 3.63) is 0 Å². The highest BCUT2D eigenvalue weighted by atomic mass is 32.2. The van der Waals surface area contributed by atoms with Crippen LogP contribution in [-0.4, -0.2) is 58.8 Å². The highest BCUT2D eigenvalue weighted by Crippen LogP contribution is 2.22. The van der Waals surface area contributed by atoms with Crippen LogP contribution in [0, 0.1) is 5.92 Å². The molecule has 3 nitrogen and oxygen atoms in total. The molecule has 1 rings (SSSR count). The van der Waals surface area contributed by atoms with E-state index in [2.05, 4.69) is 18.7 Å². The molecule has 0 aliphatic carbocycles. The van der Waals surface area contributed by atoms with E-state index in [1.54, 1.807) is 0 Å². The molecule has 1 fully saturated rings. The molecule has 0 bridgehead atoms. The minimum atomic E-state index is -0.109. The van der Waals surface area contributed by atoms with Crippen LogP contribution in [0.5, 0.6) is 0 Å². The lowest BCUT2D eigenvalue weighted by atomic mass is 10.0. The van der Waals surface area contributed by atoms with Crippen molar-refractivity contribution < 1.29 is 9.53 Å². The third-order valence-corrected chi connectivity index (χ3v) is 6.24. The molecule has 18 heavy (non-hydrogen) atoms. The van der Waals surface area contributed by atoms with E-state index < -0.39 is 0 Å². The van der Waals surface area contributed by atoms with E-state index in [0.29, 0.717) is 0 Å². The number of nitrogens with zero attached hydrogens (tertiary/aromatic N) is 1. The number of carbonyl (C=O) groups excluding carboxylic acids is 1. The number of ether oxygens (including phenoxy) is 1. The summed E-state index contributed by atoms with van der Waals surface area (Å²) in [4.78, 5) is 14.2. The van der Waals surface area contributed by atoms with E-state index >= 15 is 0 Å². The summed E-state index contributed by atoms with van der Waals surface area (Å²) >= 11 is 5.86. The summed E-state index contributed by atoms with van der Waals surface area (Å²) in [6, 6.07) is -0.109. The fraction of sp³-hybridized carbons (Fsp3) is 0.917.